The van der Waals surface area contributed by atoms with Gasteiger partial charge in [-0.1, -0.05) is 29.8 Å². The van der Waals surface area contributed by atoms with Crippen molar-refractivity contribution in [2.45, 2.75) is 39.4 Å². The molecule has 1 aliphatic rings. The molecule has 1 saturated heterocycles. The molecule has 1 fully saturated rings. The molecular weight excluding hydrogens is 196 g/mol. The molecule has 2 atom stereocenters. The monoisotopic (exact) mass is 218 g/mol. The first-order valence-electron chi connectivity index (χ1n) is 6.19. The van der Waals surface area contributed by atoms with Crippen LogP contribution in [0.25, 0.3) is 0 Å². The fourth-order valence-electron chi connectivity index (χ4n) is 2.50. The van der Waals surface area contributed by atoms with E-state index in [1.54, 1.807) is 0 Å². The first-order valence-corrected chi connectivity index (χ1v) is 6.19. The molecule has 1 aromatic carbocycles. The van der Waals surface area contributed by atoms with Crippen LogP contribution < -0.4 is 5.32 Å². The lowest BCUT2D eigenvalue weighted by Gasteiger charge is -2.39. The highest BCUT2D eigenvalue weighted by Gasteiger charge is 2.23. The molecule has 2 rings (SSSR count). The highest BCUT2D eigenvalue weighted by Crippen LogP contribution is 2.15. The van der Waals surface area contributed by atoms with Crippen LogP contribution in [0.4, 0.5) is 0 Å². The van der Waals surface area contributed by atoms with Crippen LogP contribution >= 0.6 is 0 Å². The fraction of sp³-hybridized carbons (Fsp3) is 0.571. The third kappa shape index (κ3) is 2.63. The minimum atomic E-state index is 0.629. The molecule has 0 amide bonds. The Labute approximate surface area is 98.7 Å². The predicted octanol–water partition coefficient (Wildman–Crippen LogP) is 2.18. The maximum atomic E-state index is 3.47. The Morgan fingerprint density at radius 1 is 1.25 bits per heavy atom. The normalized spacial score (nSPS) is 26.9. The summed E-state index contributed by atoms with van der Waals surface area (Å²) in [6.07, 6.45) is 0. The molecule has 16 heavy (non-hydrogen) atoms. The van der Waals surface area contributed by atoms with Gasteiger partial charge in [-0.2, -0.15) is 0 Å². The van der Waals surface area contributed by atoms with E-state index < -0.39 is 0 Å². The molecular formula is C14H22N2. The van der Waals surface area contributed by atoms with Crippen molar-refractivity contribution in [3.63, 3.8) is 0 Å². The highest BCUT2D eigenvalue weighted by atomic mass is 15.2. The van der Waals surface area contributed by atoms with E-state index in [-0.39, 0.29) is 0 Å². The standard InChI is InChI=1S/C14H22N2/c1-11-5-4-6-14(7-11)10-16-12(2)8-15-9-13(16)3/h4-7,12-13,15H,8-10H2,1-3H3. The second kappa shape index (κ2) is 4.98. The molecule has 0 bridgehead atoms. The van der Waals surface area contributed by atoms with Crippen molar-refractivity contribution >= 4 is 0 Å². The second-order valence-corrected chi connectivity index (χ2v) is 5.02. The van der Waals surface area contributed by atoms with E-state index in [4.69, 9.17) is 0 Å². The Hall–Kier alpha value is -0.860. The van der Waals surface area contributed by atoms with Gasteiger partial charge < -0.3 is 5.32 Å². The predicted molar refractivity (Wildman–Crippen MR) is 68.5 cm³/mol. The summed E-state index contributed by atoms with van der Waals surface area (Å²) in [7, 11) is 0. The van der Waals surface area contributed by atoms with Crippen molar-refractivity contribution < 1.29 is 0 Å². The Morgan fingerprint density at radius 3 is 2.56 bits per heavy atom. The van der Waals surface area contributed by atoms with E-state index in [0.717, 1.165) is 19.6 Å². The topological polar surface area (TPSA) is 15.3 Å². The fourth-order valence-corrected chi connectivity index (χ4v) is 2.50. The summed E-state index contributed by atoms with van der Waals surface area (Å²) in [6, 6.07) is 10.1. The zero-order valence-corrected chi connectivity index (χ0v) is 10.5. The molecule has 2 heteroatoms. The van der Waals surface area contributed by atoms with Gasteiger partial charge in [0.25, 0.3) is 0 Å². The molecule has 0 saturated carbocycles. The van der Waals surface area contributed by atoms with E-state index in [0.29, 0.717) is 12.1 Å². The van der Waals surface area contributed by atoms with Crippen LogP contribution in [0.15, 0.2) is 24.3 Å². The number of hydrogen-bond donors (Lipinski definition) is 1. The molecule has 1 aromatic rings. The van der Waals surface area contributed by atoms with Crippen molar-refractivity contribution in [1.82, 2.24) is 10.2 Å². The maximum Gasteiger partial charge on any atom is 0.0240 e. The number of rotatable bonds is 2. The van der Waals surface area contributed by atoms with Gasteiger partial charge >= 0.3 is 0 Å². The van der Waals surface area contributed by atoms with Crippen molar-refractivity contribution in [3.05, 3.63) is 35.4 Å². The van der Waals surface area contributed by atoms with Crippen LogP contribution in [0.5, 0.6) is 0 Å². The lowest BCUT2D eigenvalue weighted by Crippen LogP contribution is -2.54. The van der Waals surface area contributed by atoms with Crippen LogP contribution in [0, 0.1) is 6.92 Å². The third-order valence-corrected chi connectivity index (χ3v) is 3.46. The first-order chi connectivity index (χ1) is 7.66. The van der Waals surface area contributed by atoms with E-state index >= 15 is 0 Å². The summed E-state index contributed by atoms with van der Waals surface area (Å²) in [5.41, 5.74) is 2.79. The third-order valence-electron chi connectivity index (χ3n) is 3.46. The van der Waals surface area contributed by atoms with Crippen LogP contribution in [0.2, 0.25) is 0 Å². The first kappa shape index (κ1) is 11.6. The number of piperazine rings is 1. The Kier molecular flexibility index (Phi) is 3.62. The summed E-state index contributed by atoms with van der Waals surface area (Å²) in [5, 5.41) is 3.47. The highest BCUT2D eigenvalue weighted by molar-refractivity contribution is 5.22. The van der Waals surface area contributed by atoms with E-state index in [1.807, 2.05) is 0 Å². The number of nitrogens with zero attached hydrogens (tertiary/aromatic N) is 1. The summed E-state index contributed by atoms with van der Waals surface area (Å²) in [6.45, 7) is 10.1. The average molecular weight is 218 g/mol. The molecule has 1 heterocycles. The zero-order valence-electron chi connectivity index (χ0n) is 10.5. The minimum absolute atomic E-state index is 0.629. The minimum Gasteiger partial charge on any atom is -0.314 e. The molecule has 1 aliphatic heterocycles. The Bertz CT molecular complexity index is 338. The van der Waals surface area contributed by atoms with Gasteiger partial charge in [0.2, 0.25) is 0 Å². The SMILES string of the molecule is Cc1cccc(CN2C(C)CNCC2C)c1. The molecule has 0 spiro atoms. The lowest BCUT2D eigenvalue weighted by molar-refractivity contribution is 0.109. The Morgan fingerprint density at radius 2 is 1.94 bits per heavy atom. The molecule has 2 nitrogen and oxygen atoms in total. The van der Waals surface area contributed by atoms with Gasteiger partial charge in [-0.15, -0.1) is 0 Å². The smallest absolute Gasteiger partial charge is 0.0240 e. The van der Waals surface area contributed by atoms with Crippen molar-refractivity contribution in [3.8, 4) is 0 Å². The molecule has 2 unspecified atom stereocenters. The summed E-state index contributed by atoms with van der Waals surface area (Å²) in [5.74, 6) is 0. The average Bonchev–Trinajstić information content (AvgIpc) is 2.24. The zero-order chi connectivity index (χ0) is 11.5. The van der Waals surface area contributed by atoms with Gasteiger partial charge in [-0.05, 0) is 26.3 Å². The maximum absolute atomic E-state index is 3.47. The summed E-state index contributed by atoms with van der Waals surface area (Å²) < 4.78 is 0. The van der Waals surface area contributed by atoms with Crippen LogP contribution in [-0.2, 0) is 6.54 Å². The van der Waals surface area contributed by atoms with E-state index in [1.165, 1.54) is 11.1 Å². The van der Waals surface area contributed by atoms with Crippen molar-refractivity contribution in [2.75, 3.05) is 13.1 Å². The van der Waals surface area contributed by atoms with Crippen LogP contribution in [-0.4, -0.2) is 30.1 Å². The largest absolute Gasteiger partial charge is 0.314 e. The summed E-state index contributed by atoms with van der Waals surface area (Å²) in [4.78, 5) is 2.59. The van der Waals surface area contributed by atoms with Gasteiger partial charge in [0, 0.05) is 31.7 Å². The van der Waals surface area contributed by atoms with Crippen LogP contribution in [0.1, 0.15) is 25.0 Å². The number of aryl methyl sites for hydroxylation is 1. The number of nitrogens with one attached hydrogen (secondary N) is 1. The Balaban J connectivity index is 2.07. The van der Waals surface area contributed by atoms with Crippen LogP contribution in [0.3, 0.4) is 0 Å². The number of benzene rings is 1. The molecule has 0 aliphatic carbocycles. The van der Waals surface area contributed by atoms with Crippen molar-refractivity contribution in [1.29, 1.82) is 0 Å². The van der Waals surface area contributed by atoms with Gasteiger partial charge in [0.1, 0.15) is 0 Å². The van der Waals surface area contributed by atoms with E-state index in [9.17, 15) is 0 Å². The molecule has 0 radical (unpaired) electrons. The molecule has 0 aromatic heterocycles. The quantitative estimate of drug-likeness (QED) is 0.818. The summed E-state index contributed by atoms with van der Waals surface area (Å²) >= 11 is 0. The van der Waals surface area contributed by atoms with Gasteiger partial charge in [-0.25, -0.2) is 0 Å². The number of hydrogen-bond acceptors (Lipinski definition) is 2. The van der Waals surface area contributed by atoms with Gasteiger partial charge in [-0.3, -0.25) is 4.90 Å². The van der Waals surface area contributed by atoms with E-state index in [2.05, 4.69) is 55.3 Å². The van der Waals surface area contributed by atoms with Gasteiger partial charge in [0.15, 0.2) is 0 Å². The van der Waals surface area contributed by atoms with Crippen molar-refractivity contribution in [2.24, 2.45) is 0 Å². The second-order valence-electron chi connectivity index (χ2n) is 5.02. The lowest BCUT2D eigenvalue weighted by atomic mass is 10.1. The molecule has 88 valence electrons. The van der Waals surface area contributed by atoms with Gasteiger partial charge in [0.05, 0.1) is 0 Å². The molecule has 1 N–H and O–H groups in total.